The zero-order chi connectivity index (χ0) is 14.8. The van der Waals surface area contributed by atoms with Crippen LogP contribution in [0.3, 0.4) is 0 Å². The average Bonchev–Trinajstić information content (AvgIpc) is 2.90. The Hall–Kier alpha value is -1.38. The fourth-order valence-electron chi connectivity index (χ4n) is 2.35. The van der Waals surface area contributed by atoms with Crippen LogP contribution in [0.4, 0.5) is 0 Å². The fourth-order valence-corrected chi connectivity index (χ4v) is 3.81. The van der Waals surface area contributed by atoms with Crippen LogP contribution in [0.2, 0.25) is 0 Å². The van der Waals surface area contributed by atoms with Crippen molar-refractivity contribution in [1.82, 2.24) is 9.29 Å². The summed E-state index contributed by atoms with van der Waals surface area (Å²) in [5.74, 6) is -0.794. The number of hydrogen-bond donors (Lipinski definition) is 2. The number of carbonyl (C=O) groups is 1. The molecule has 0 aromatic carbocycles. The molecule has 2 N–H and O–H groups in total. The largest absolute Gasteiger partial charge is 0.477 e. The number of ether oxygens (including phenoxy) is 1. The number of aromatic nitrogens is 1. The van der Waals surface area contributed by atoms with E-state index in [1.165, 1.54) is 10.5 Å². The highest BCUT2D eigenvalue weighted by molar-refractivity contribution is 7.89. The van der Waals surface area contributed by atoms with Gasteiger partial charge in [0.15, 0.2) is 0 Å². The summed E-state index contributed by atoms with van der Waals surface area (Å²) in [5, 5.41) is 8.81. The summed E-state index contributed by atoms with van der Waals surface area (Å²) in [4.78, 5) is 13.2. The van der Waals surface area contributed by atoms with E-state index in [0.29, 0.717) is 25.6 Å². The molecule has 0 spiro atoms. The zero-order valence-electron chi connectivity index (χ0n) is 11.2. The van der Waals surface area contributed by atoms with E-state index in [2.05, 4.69) is 4.98 Å². The molecule has 1 aromatic heterocycles. The molecule has 0 aliphatic carbocycles. The quantitative estimate of drug-likeness (QED) is 0.836. The van der Waals surface area contributed by atoms with Gasteiger partial charge in [0.25, 0.3) is 0 Å². The molecule has 0 bridgehead atoms. The number of nitrogens with zero attached hydrogens (tertiary/aromatic N) is 1. The summed E-state index contributed by atoms with van der Waals surface area (Å²) in [7, 11) is -1.98. The number of piperidine rings is 1. The van der Waals surface area contributed by atoms with Crippen LogP contribution < -0.4 is 0 Å². The Labute approximate surface area is 117 Å². The van der Waals surface area contributed by atoms with Gasteiger partial charge in [-0.15, -0.1) is 0 Å². The van der Waals surface area contributed by atoms with Gasteiger partial charge >= 0.3 is 5.97 Å². The number of methoxy groups -OCH3 is 1. The van der Waals surface area contributed by atoms with E-state index in [1.807, 2.05) is 0 Å². The summed E-state index contributed by atoms with van der Waals surface area (Å²) in [5.41, 5.74) is -0.127. The molecule has 2 rings (SSSR count). The van der Waals surface area contributed by atoms with Crippen molar-refractivity contribution < 1.29 is 23.1 Å². The van der Waals surface area contributed by atoms with E-state index in [-0.39, 0.29) is 10.6 Å². The number of aromatic carboxylic acids is 1. The predicted octanol–water partition coefficient (Wildman–Crippen LogP) is 0.760. The molecule has 1 saturated heterocycles. The van der Waals surface area contributed by atoms with Gasteiger partial charge in [0.1, 0.15) is 10.6 Å². The lowest BCUT2D eigenvalue weighted by atomic mass is 9.99. The summed E-state index contributed by atoms with van der Waals surface area (Å²) in [6.07, 6.45) is 2.73. The van der Waals surface area contributed by atoms with Crippen LogP contribution in [0.25, 0.3) is 0 Å². The SMILES string of the molecule is COCC1CCN(S(=O)(=O)c2c[nH]c(C(=O)O)c2)CC1. The van der Waals surface area contributed by atoms with E-state index in [9.17, 15) is 13.2 Å². The van der Waals surface area contributed by atoms with E-state index in [0.717, 1.165) is 18.9 Å². The lowest BCUT2D eigenvalue weighted by Gasteiger charge is -2.30. The Bertz CT molecular complexity index is 572. The van der Waals surface area contributed by atoms with Gasteiger partial charge in [-0.1, -0.05) is 0 Å². The standard InChI is InChI=1S/C12H18N2O5S/c1-19-8-9-2-4-14(5-3-9)20(17,18)10-6-11(12(15)16)13-7-10/h6-7,9,13H,2-5,8H2,1H3,(H,15,16). The van der Waals surface area contributed by atoms with Crippen LogP contribution >= 0.6 is 0 Å². The van der Waals surface area contributed by atoms with Gasteiger partial charge in [-0.2, -0.15) is 4.31 Å². The van der Waals surface area contributed by atoms with E-state index < -0.39 is 16.0 Å². The third-order valence-electron chi connectivity index (χ3n) is 3.50. The number of H-pyrrole nitrogens is 1. The molecule has 1 fully saturated rings. The second kappa shape index (κ2) is 5.94. The monoisotopic (exact) mass is 302 g/mol. The van der Waals surface area contributed by atoms with Crippen LogP contribution in [0.1, 0.15) is 23.3 Å². The molecule has 1 aromatic rings. The van der Waals surface area contributed by atoms with Gasteiger partial charge in [0.2, 0.25) is 10.0 Å². The summed E-state index contributed by atoms with van der Waals surface area (Å²) in [6.45, 7) is 1.51. The van der Waals surface area contributed by atoms with Crippen LogP contribution in [0.5, 0.6) is 0 Å². The first-order valence-electron chi connectivity index (χ1n) is 6.36. The van der Waals surface area contributed by atoms with Gasteiger partial charge in [-0.25, -0.2) is 13.2 Å². The van der Waals surface area contributed by atoms with Gasteiger partial charge in [0, 0.05) is 33.0 Å². The zero-order valence-corrected chi connectivity index (χ0v) is 12.0. The van der Waals surface area contributed by atoms with Crippen molar-refractivity contribution in [3.63, 3.8) is 0 Å². The van der Waals surface area contributed by atoms with Crippen LogP contribution in [0, 0.1) is 5.92 Å². The lowest BCUT2D eigenvalue weighted by Crippen LogP contribution is -2.39. The second-order valence-corrected chi connectivity index (χ2v) is 6.79. The second-order valence-electron chi connectivity index (χ2n) is 4.86. The van der Waals surface area contributed by atoms with Crippen molar-refractivity contribution >= 4 is 16.0 Å². The number of sulfonamides is 1. The van der Waals surface area contributed by atoms with E-state index in [4.69, 9.17) is 9.84 Å². The molecular weight excluding hydrogens is 284 g/mol. The Kier molecular flexibility index (Phi) is 4.46. The highest BCUT2D eigenvalue weighted by atomic mass is 32.2. The van der Waals surface area contributed by atoms with Crippen LogP contribution in [0.15, 0.2) is 17.2 Å². The Morgan fingerprint density at radius 2 is 2.15 bits per heavy atom. The number of hydrogen-bond acceptors (Lipinski definition) is 4. The molecule has 1 aliphatic heterocycles. The molecule has 0 amide bonds. The van der Waals surface area contributed by atoms with Crippen molar-refractivity contribution in [3.05, 3.63) is 18.0 Å². The van der Waals surface area contributed by atoms with E-state index >= 15 is 0 Å². The summed E-state index contributed by atoms with van der Waals surface area (Å²) < 4.78 is 31.2. The first kappa shape index (κ1) is 15.0. The van der Waals surface area contributed by atoms with E-state index in [1.54, 1.807) is 7.11 Å². The Morgan fingerprint density at radius 3 is 2.65 bits per heavy atom. The first-order chi connectivity index (χ1) is 9.45. The molecule has 2 heterocycles. The van der Waals surface area contributed by atoms with Gasteiger partial charge in [0.05, 0.1) is 0 Å². The van der Waals surface area contributed by atoms with Crippen molar-refractivity contribution in [1.29, 1.82) is 0 Å². The number of rotatable bonds is 5. The highest BCUT2D eigenvalue weighted by Crippen LogP contribution is 2.24. The van der Waals surface area contributed by atoms with Gasteiger partial charge in [-0.05, 0) is 24.8 Å². The van der Waals surface area contributed by atoms with Crippen LogP contribution in [-0.4, -0.2) is 55.6 Å². The summed E-state index contributed by atoms with van der Waals surface area (Å²) in [6, 6.07) is 1.15. The maximum absolute atomic E-state index is 12.4. The van der Waals surface area contributed by atoms with Gasteiger partial charge in [-0.3, -0.25) is 0 Å². The molecule has 0 unspecified atom stereocenters. The first-order valence-corrected chi connectivity index (χ1v) is 7.80. The Balaban J connectivity index is 2.09. The molecule has 0 radical (unpaired) electrons. The number of carboxylic acids is 1. The minimum Gasteiger partial charge on any atom is -0.477 e. The lowest BCUT2D eigenvalue weighted by molar-refractivity contribution is 0.0691. The van der Waals surface area contributed by atoms with Gasteiger partial charge < -0.3 is 14.8 Å². The Morgan fingerprint density at radius 1 is 1.50 bits per heavy atom. The molecule has 0 saturated carbocycles. The van der Waals surface area contributed by atoms with Crippen molar-refractivity contribution in [2.24, 2.45) is 5.92 Å². The third-order valence-corrected chi connectivity index (χ3v) is 5.38. The minimum absolute atomic E-state index is 0.0000847. The molecule has 7 nitrogen and oxygen atoms in total. The molecule has 0 atom stereocenters. The normalized spacial score (nSPS) is 18.2. The van der Waals surface area contributed by atoms with Crippen LogP contribution in [-0.2, 0) is 14.8 Å². The molecule has 1 aliphatic rings. The number of aromatic amines is 1. The van der Waals surface area contributed by atoms with Crippen molar-refractivity contribution in [3.8, 4) is 0 Å². The van der Waals surface area contributed by atoms with Crippen molar-refractivity contribution in [2.75, 3.05) is 26.8 Å². The number of nitrogens with one attached hydrogen (secondary N) is 1. The fraction of sp³-hybridized carbons (Fsp3) is 0.583. The topological polar surface area (TPSA) is 99.7 Å². The smallest absolute Gasteiger partial charge is 0.352 e. The molecule has 112 valence electrons. The maximum Gasteiger partial charge on any atom is 0.352 e. The highest BCUT2D eigenvalue weighted by Gasteiger charge is 2.30. The third kappa shape index (κ3) is 3.02. The average molecular weight is 302 g/mol. The minimum atomic E-state index is -3.62. The van der Waals surface area contributed by atoms with Crippen molar-refractivity contribution in [2.45, 2.75) is 17.7 Å². The molecule has 8 heteroatoms. The maximum atomic E-state index is 12.4. The molecular formula is C12H18N2O5S. The number of carboxylic acid groups (broad SMARTS) is 1. The summed E-state index contributed by atoms with van der Waals surface area (Å²) >= 11 is 0. The molecule has 20 heavy (non-hydrogen) atoms. The predicted molar refractivity (Wildman–Crippen MR) is 71.1 cm³/mol.